The number of nitrogens with zero attached hydrogens (tertiary/aromatic N) is 1. The predicted molar refractivity (Wildman–Crippen MR) is 98.4 cm³/mol. The summed E-state index contributed by atoms with van der Waals surface area (Å²) in [5.41, 5.74) is 3.87. The Balaban J connectivity index is 1.65. The van der Waals surface area contributed by atoms with Gasteiger partial charge in [0.15, 0.2) is 5.70 Å². The minimum absolute atomic E-state index is 0.273. The zero-order valence-electron chi connectivity index (χ0n) is 14.5. The summed E-state index contributed by atoms with van der Waals surface area (Å²) in [5.74, 6) is 1.38. The molecule has 0 amide bonds. The molecule has 0 unspecified atom stereocenters. The van der Waals surface area contributed by atoms with Crippen molar-refractivity contribution in [1.82, 2.24) is 0 Å². The third kappa shape index (κ3) is 2.99. The summed E-state index contributed by atoms with van der Waals surface area (Å²) in [6.45, 7) is 2.31. The van der Waals surface area contributed by atoms with Crippen molar-refractivity contribution < 1.29 is 19.0 Å². The molecule has 2 aliphatic heterocycles. The summed E-state index contributed by atoms with van der Waals surface area (Å²) in [4.78, 5) is 16.5. The molecule has 26 heavy (non-hydrogen) atoms. The predicted octanol–water partition coefficient (Wildman–Crippen LogP) is 3.67. The summed E-state index contributed by atoms with van der Waals surface area (Å²) in [5, 5.41) is 0. The van der Waals surface area contributed by atoms with Crippen molar-refractivity contribution in [2.75, 3.05) is 13.7 Å². The minimum atomic E-state index is -0.454. The van der Waals surface area contributed by atoms with E-state index >= 15 is 0 Å². The van der Waals surface area contributed by atoms with E-state index in [1.807, 2.05) is 55.5 Å². The van der Waals surface area contributed by atoms with Gasteiger partial charge in [-0.25, -0.2) is 9.79 Å². The maximum atomic E-state index is 12.2. The molecule has 0 aromatic heterocycles. The van der Waals surface area contributed by atoms with Gasteiger partial charge in [-0.15, -0.1) is 0 Å². The molecule has 2 aliphatic rings. The molecule has 2 aromatic carbocycles. The van der Waals surface area contributed by atoms with Gasteiger partial charge in [-0.3, -0.25) is 0 Å². The van der Waals surface area contributed by atoms with Crippen LogP contribution in [0.4, 0.5) is 0 Å². The van der Waals surface area contributed by atoms with Crippen molar-refractivity contribution in [3.8, 4) is 11.5 Å². The SMILES string of the molecule is COc1ccc2c(c1)OCC(C=C1N=C(c3ccccc3C)OC1=O)=C2. The van der Waals surface area contributed by atoms with Gasteiger partial charge in [0, 0.05) is 17.2 Å². The summed E-state index contributed by atoms with van der Waals surface area (Å²) in [6, 6.07) is 13.3. The van der Waals surface area contributed by atoms with Crippen LogP contribution in [0, 0.1) is 6.92 Å². The minimum Gasteiger partial charge on any atom is -0.497 e. The fraction of sp³-hybridized carbons (Fsp3) is 0.143. The van der Waals surface area contributed by atoms with Crippen molar-refractivity contribution in [2.24, 2.45) is 4.99 Å². The van der Waals surface area contributed by atoms with Gasteiger partial charge in [-0.05, 0) is 48.4 Å². The van der Waals surface area contributed by atoms with Crippen molar-refractivity contribution in [3.05, 3.63) is 76.5 Å². The Bertz CT molecular complexity index is 985. The summed E-state index contributed by atoms with van der Waals surface area (Å²) in [7, 11) is 1.62. The number of esters is 1. The van der Waals surface area contributed by atoms with E-state index < -0.39 is 5.97 Å². The average molecular weight is 347 g/mol. The maximum Gasteiger partial charge on any atom is 0.363 e. The highest BCUT2D eigenvalue weighted by molar-refractivity contribution is 6.11. The molecule has 0 N–H and O–H groups in total. The highest BCUT2D eigenvalue weighted by Gasteiger charge is 2.25. The molecule has 5 nitrogen and oxygen atoms in total. The van der Waals surface area contributed by atoms with Gasteiger partial charge in [-0.1, -0.05) is 18.2 Å². The van der Waals surface area contributed by atoms with E-state index in [-0.39, 0.29) is 5.70 Å². The van der Waals surface area contributed by atoms with Crippen molar-refractivity contribution >= 4 is 17.9 Å². The number of fused-ring (bicyclic) bond motifs is 1. The van der Waals surface area contributed by atoms with Gasteiger partial charge in [0.05, 0.1) is 7.11 Å². The second-order valence-corrected chi connectivity index (χ2v) is 6.06. The molecular weight excluding hydrogens is 330 g/mol. The Labute approximate surface area is 151 Å². The van der Waals surface area contributed by atoms with Crippen LogP contribution >= 0.6 is 0 Å². The van der Waals surface area contributed by atoms with Crippen LogP contribution in [-0.4, -0.2) is 25.6 Å². The fourth-order valence-corrected chi connectivity index (χ4v) is 2.88. The van der Waals surface area contributed by atoms with Gasteiger partial charge in [-0.2, -0.15) is 0 Å². The molecule has 0 aliphatic carbocycles. The molecule has 5 heteroatoms. The zero-order valence-corrected chi connectivity index (χ0v) is 14.5. The van der Waals surface area contributed by atoms with Gasteiger partial charge in [0.25, 0.3) is 0 Å². The lowest BCUT2D eigenvalue weighted by atomic mass is 10.1. The first-order valence-electron chi connectivity index (χ1n) is 8.24. The van der Waals surface area contributed by atoms with E-state index in [1.54, 1.807) is 13.2 Å². The van der Waals surface area contributed by atoms with Crippen LogP contribution in [0.1, 0.15) is 16.7 Å². The number of benzene rings is 2. The van der Waals surface area contributed by atoms with Crippen LogP contribution in [0.2, 0.25) is 0 Å². The molecule has 4 rings (SSSR count). The molecule has 0 atom stereocenters. The second-order valence-electron chi connectivity index (χ2n) is 6.06. The normalized spacial score (nSPS) is 17.2. The van der Waals surface area contributed by atoms with E-state index in [2.05, 4.69) is 4.99 Å². The highest BCUT2D eigenvalue weighted by Crippen LogP contribution is 2.31. The lowest BCUT2D eigenvalue weighted by molar-refractivity contribution is -0.130. The van der Waals surface area contributed by atoms with E-state index in [9.17, 15) is 4.79 Å². The molecule has 2 heterocycles. The number of methoxy groups -OCH3 is 1. The molecular formula is C21H17NO4. The monoisotopic (exact) mass is 347 g/mol. The maximum absolute atomic E-state index is 12.2. The van der Waals surface area contributed by atoms with Gasteiger partial charge >= 0.3 is 5.97 Å². The quantitative estimate of drug-likeness (QED) is 0.628. The molecule has 0 fully saturated rings. The number of cyclic esters (lactones) is 1. The largest absolute Gasteiger partial charge is 0.497 e. The molecule has 0 saturated carbocycles. The van der Waals surface area contributed by atoms with E-state index in [0.29, 0.717) is 12.5 Å². The summed E-state index contributed by atoms with van der Waals surface area (Å²) >= 11 is 0. The third-order valence-corrected chi connectivity index (χ3v) is 4.27. The lowest BCUT2D eigenvalue weighted by Gasteiger charge is -2.16. The van der Waals surface area contributed by atoms with Crippen LogP contribution in [0.3, 0.4) is 0 Å². The Morgan fingerprint density at radius 1 is 1.19 bits per heavy atom. The van der Waals surface area contributed by atoms with Crippen molar-refractivity contribution in [1.29, 1.82) is 0 Å². The van der Waals surface area contributed by atoms with Gasteiger partial charge < -0.3 is 14.2 Å². The standard InChI is InChI=1S/C21H17NO4/c1-13-5-3-4-6-17(13)20-22-18(21(23)26-20)10-14-9-15-7-8-16(24-2)11-19(15)25-12-14/h3-11H,12H2,1-2H3. The van der Waals surface area contributed by atoms with Crippen LogP contribution in [-0.2, 0) is 9.53 Å². The fourth-order valence-electron chi connectivity index (χ4n) is 2.88. The number of hydrogen-bond acceptors (Lipinski definition) is 5. The van der Waals surface area contributed by atoms with Gasteiger partial charge in [0.1, 0.15) is 18.1 Å². The Morgan fingerprint density at radius 2 is 2.04 bits per heavy atom. The Hall–Kier alpha value is -3.34. The number of hydrogen-bond donors (Lipinski definition) is 0. The smallest absolute Gasteiger partial charge is 0.363 e. The molecule has 0 bridgehead atoms. The number of rotatable bonds is 3. The van der Waals surface area contributed by atoms with Crippen LogP contribution in [0.25, 0.3) is 6.08 Å². The number of aliphatic imine (C=N–C) groups is 1. The first-order chi connectivity index (χ1) is 12.6. The first-order valence-corrected chi connectivity index (χ1v) is 8.24. The molecule has 0 saturated heterocycles. The molecule has 0 spiro atoms. The molecule has 130 valence electrons. The summed E-state index contributed by atoms with van der Waals surface area (Å²) < 4.78 is 16.3. The Morgan fingerprint density at radius 3 is 2.85 bits per heavy atom. The molecule has 2 aromatic rings. The third-order valence-electron chi connectivity index (χ3n) is 4.27. The van der Waals surface area contributed by atoms with E-state index in [0.717, 1.165) is 33.8 Å². The Kier molecular flexibility index (Phi) is 4.05. The summed E-state index contributed by atoms with van der Waals surface area (Å²) in [6.07, 6.45) is 3.68. The van der Waals surface area contributed by atoms with Gasteiger partial charge in [0.2, 0.25) is 5.90 Å². The van der Waals surface area contributed by atoms with Crippen LogP contribution in [0.15, 0.2) is 64.8 Å². The zero-order chi connectivity index (χ0) is 18.1. The van der Waals surface area contributed by atoms with E-state index in [4.69, 9.17) is 14.2 Å². The topological polar surface area (TPSA) is 57.1 Å². The number of ether oxygens (including phenoxy) is 3. The van der Waals surface area contributed by atoms with E-state index in [1.165, 1.54) is 0 Å². The van der Waals surface area contributed by atoms with Crippen molar-refractivity contribution in [3.63, 3.8) is 0 Å². The lowest BCUT2D eigenvalue weighted by Crippen LogP contribution is -2.08. The first kappa shape index (κ1) is 16.1. The molecule has 0 radical (unpaired) electrons. The number of carbonyl (C=O) groups is 1. The average Bonchev–Trinajstić information content (AvgIpc) is 3.02. The van der Waals surface area contributed by atoms with Crippen LogP contribution in [0.5, 0.6) is 11.5 Å². The highest BCUT2D eigenvalue weighted by atomic mass is 16.6. The van der Waals surface area contributed by atoms with Crippen LogP contribution < -0.4 is 9.47 Å². The number of carbonyl (C=O) groups excluding carboxylic acids is 1. The number of aryl methyl sites for hydroxylation is 1. The van der Waals surface area contributed by atoms with Crippen molar-refractivity contribution in [2.45, 2.75) is 6.92 Å². The second kappa shape index (κ2) is 6.52.